The molecule has 0 amide bonds. The zero-order chi connectivity index (χ0) is 21.2. The number of piperazine rings is 1. The van der Waals surface area contributed by atoms with E-state index in [1.54, 1.807) is 19.1 Å². The molecule has 158 valence electrons. The highest BCUT2D eigenvalue weighted by molar-refractivity contribution is 7.92. The highest BCUT2D eigenvalue weighted by Crippen LogP contribution is 2.34. The summed E-state index contributed by atoms with van der Waals surface area (Å²) in [6.45, 7) is 6.10. The van der Waals surface area contributed by atoms with Crippen molar-refractivity contribution in [1.29, 1.82) is 0 Å². The largest absolute Gasteiger partial charge is 0.395 e. The summed E-state index contributed by atoms with van der Waals surface area (Å²) >= 11 is 0. The topological polar surface area (TPSA) is 74.3 Å². The van der Waals surface area contributed by atoms with Crippen LogP contribution in [0.5, 0.6) is 0 Å². The molecule has 0 aliphatic carbocycles. The summed E-state index contributed by atoms with van der Waals surface area (Å²) in [5.41, 5.74) is 0.859. The minimum absolute atomic E-state index is 0.00896. The second-order valence-corrected chi connectivity index (χ2v) is 8.66. The van der Waals surface area contributed by atoms with Crippen LogP contribution in [0.25, 0.3) is 0 Å². The van der Waals surface area contributed by atoms with Crippen LogP contribution >= 0.6 is 0 Å². The molecule has 1 unspecified atom stereocenters. The standard InChI is InChI=1S/C19H23F3N4O2S/c1-13(19(20,21)22)15-3-5-16(6-4-15)29(27,28)25-17-7-8-18(24-14(17)2)26-11-9-23-10-12-26/h3-8,13,23,25H,9-12H2,1-2H3. The predicted octanol–water partition coefficient (Wildman–Crippen LogP) is 3.27. The molecule has 2 N–H and O–H groups in total. The van der Waals surface area contributed by atoms with Crippen molar-refractivity contribution in [2.24, 2.45) is 0 Å². The van der Waals surface area contributed by atoms with Crippen LogP contribution < -0.4 is 14.9 Å². The fraction of sp³-hybridized carbons (Fsp3) is 0.421. The molecular weight excluding hydrogens is 405 g/mol. The van der Waals surface area contributed by atoms with E-state index in [0.717, 1.165) is 38.9 Å². The number of alkyl halides is 3. The van der Waals surface area contributed by atoms with Gasteiger partial charge in [0.2, 0.25) is 0 Å². The highest BCUT2D eigenvalue weighted by atomic mass is 32.2. The van der Waals surface area contributed by atoms with Gasteiger partial charge in [0.05, 0.1) is 22.2 Å². The van der Waals surface area contributed by atoms with Crippen molar-refractivity contribution < 1.29 is 21.6 Å². The van der Waals surface area contributed by atoms with Gasteiger partial charge in [0, 0.05) is 26.2 Å². The van der Waals surface area contributed by atoms with E-state index in [-0.39, 0.29) is 10.5 Å². The second-order valence-electron chi connectivity index (χ2n) is 6.98. The highest BCUT2D eigenvalue weighted by Gasteiger charge is 2.37. The van der Waals surface area contributed by atoms with Gasteiger partial charge in [-0.3, -0.25) is 4.72 Å². The third-order valence-corrected chi connectivity index (χ3v) is 6.32. The molecule has 1 aliphatic rings. The van der Waals surface area contributed by atoms with E-state index in [1.165, 1.54) is 24.3 Å². The summed E-state index contributed by atoms with van der Waals surface area (Å²) < 4.78 is 66.2. The Morgan fingerprint density at radius 1 is 1.10 bits per heavy atom. The lowest BCUT2D eigenvalue weighted by Gasteiger charge is -2.28. The molecule has 1 atom stereocenters. The summed E-state index contributed by atoms with van der Waals surface area (Å²) in [7, 11) is -3.95. The van der Waals surface area contributed by atoms with Gasteiger partial charge in [-0.15, -0.1) is 0 Å². The molecule has 29 heavy (non-hydrogen) atoms. The number of halogens is 3. The molecule has 2 aromatic rings. The molecule has 6 nitrogen and oxygen atoms in total. The number of benzene rings is 1. The van der Waals surface area contributed by atoms with Gasteiger partial charge >= 0.3 is 6.18 Å². The first-order chi connectivity index (χ1) is 13.6. The van der Waals surface area contributed by atoms with E-state index in [4.69, 9.17) is 0 Å². The van der Waals surface area contributed by atoms with Crippen molar-refractivity contribution in [3.63, 3.8) is 0 Å². The Morgan fingerprint density at radius 3 is 2.28 bits per heavy atom. The Morgan fingerprint density at radius 2 is 1.72 bits per heavy atom. The number of aryl methyl sites for hydroxylation is 1. The minimum Gasteiger partial charge on any atom is -0.354 e. The van der Waals surface area contributed by atoms with E-state index < -0.39 is 22.1 Å². The van der Waals surface area contributed by atoms with Crippen LogP contribution in [-0.4, -0.2) is 45.8 Å². The van der Waals surface area contributed by atoms with Crippen molar-refractivity contribution in [3.8, 4) is 0 Å². The Kier molecular flexibility index (Phi) is 6.04. The number of hydrogen-bond acceptors (Lipinski definition) is 5. The third kappa shape index (κ3) is 4.99. The van der Waals surface area contributed by atoms with Crippen molar-refractivity contribution in [3.05, 3.63) is 47.7 Å². The lowest BCUT2D eigenvalue weighted by atomic mass is 10.0. The molecule has 2 heterocycles. The fourth-order valence-electron chi connectivity index (χ4n) is 3.05. The second kappa shape index (κ2) is 8.19. The molecular formula is C19H23F3N4O2S. The molecule has 3 rings (SSSR count). The van der Waals surface area contributed by atoms with Crippen LogP contribution in [0.3, 0.4) is 0 Å². The first kappa shape index (κ1) is 21.4. The zero-order valence-electron chi connectivity index (χ0n) is 16.1. The molecule has 1 saturated heterocycles. The molecule has 1 aromatic heterocycles. The fourth-order valence-corrected chi connectivity index (χ4v) is 4.17. The summed E-state index contributed by atoms with van der Waals surface area (Å²) in [5.74, 6) is -0.895. The summed E-state index contributed by atoms with van der Waals surface area (Å²) in [6.07, 6.45) is -4.38. The van der Waals surface area contributed by atoms with E-state index in [9.17, 15) is 21.6 Å². The Hall–Kier alpha value is -2.33. The average Bonchev–Trinajstić information content (AvgIpc) is 2.69. The maximum Gasteiger partial charge on any atom is 0.395 e. The number of rotatable bonds is 5. The van der Waals surface area contributed by atoms with Gasteiger partial charge < -0.3 is 10.2 Å². The van der Waals surface area contributed by atoms with E-state index >= 15 is 0 Å². The molecule has 0 saturated carbocycles. The number of anilines is 2. The van der Waals surface area contributed by atoms with Gasteiger partial charge in [-0.2, -0.15) is 13.2 Å². The van der Waals surface area contributed by atoms with Crippen molar-refractivity contribution in [2.45, 2.75) is 30.8 Å². The lowest BCUT2D eigenvalue weighted by Crippen LogP contribution is -2.43. The Labute approximate surface area is 168 Å². The van der Waals surface area contributed by atoms with Crippen LogP contribution in [0.1, 0.15) is 24.1 Å². The number of nitrogens with one attached hydrogen (secondary N) is 2. The van der Waals surface area contributed by atoms with E-state index in [0.29, 0.717) is 11.4 Å². The van der Waals surface area contributed by atoms with Crippen LogP contribution in [0.4, 0.5) is 24.7 Å². The predicted molar refractivity (Wildman–Crippen MR) is 106 cm³/mol. The summed E-state index contributed by atoms with van der Waals surface area (Å²) in [5, 5.41) is 3.26. The molecule has 0 radical (unpaired) electrons. The van der Waals surface area contributed by atoms with Crippen LogP contribution in [0.15, 0.2) is 41.3 Å². The van der Waals surface area contributed by atoms with Gasteiger partial charge in [0.25, 0.3) is 10.0 Å². The smallest absolute Gasteiger partial charge is 0.354 e. The van der Waals surface area contributed by atoms with Gasteiger partial charge in [0.1, 0.15) is 5.82 Å². The average molecular weight is 428 g/mol. The summed E-state index contributed by atoms with van der Waals surface area (Å²) in [6, 6.07) is 8.13. The summed E-state index contributed by atoms with van der Waals surface area (Å²) in [4.78, 5) is 6.49. The first-order valence-corrected chi connectivity index (χ1v) is 10.7. The van der Waals surface area contributed by atoms with Crippen LogP contribution in [0.2, 0.25) is 0 Å². The van der Waals surface area contributed by atoms with E-state index in [2.05, 4.69) is 19.9 Å². The number of nitrogens with zero attached hydrogens (tertiary/aromatic N) is 2. The third-order valence-electron chi connectivity index (χ3n) is 4.94. The maximum absolute atomic E-state index is 12.8. The maximum atomic E-state index is 12.8. The van der Waals surface area contributed by atoms with Crippen molar-refractivity contribution in [2.75, 3.05) is 35.8 Å². The van der Waals surface area contributed by atoms with Gasteiger partial charge in [0.15, 0.2) is 0 Å². The Balaban J connectivity index is 1.77. The van der Waals surface area contributed by atoms with Crippen LogP contribution in [0, 0.1) is 6.92 Å². The lowest BCUT2D eigenvalue weighted by molar-refractivity contribution is -0.146. The number of pyridine rings is 1. The molecule has 0 spiro atoms. The van der Waals surface area contributed by atoms with E-state index in [1.807, 2.05) is 0 Å². The molecule has 1 aromatic carbocycles. The number of sulfonamides is 1. The molecule has 1 aliphatic heterocycles. The molecule has 10 heteroatoms. The van der Waals surface area contributed by atoms with Crippen molar-refractivity contribution in [1.82, 2.24) is 10.3 Å². The van der Waals surface area contributed by atoms with Crippen LogP contribution in [-0.2, 0) is 10.0 Å². The van der Waals surface area contributed by atoms with Gasteiger partial charge in [-0.25, -0.2) is 13.4 Å². The van der Waals surface area contributed by atoms with Gasteiger partial charge in [-0.1, -0.05) is 12.1 Å². The SMILES string of the molecule is Cc1nc(N2CCNCC2)ccc1NS(=O)(=O)c1ccc(C(C)C(F)(F)F)cc1. The van der Waals surface area contributed by atoms with Gasteiger partial charge in [-0.05, 0) is 43.7 Å². The molecule has 0 bridgehead atoms. The normalized spacial score (nSPS) is 16.5. The number of aromatic nitrogens is 1. The first-order valence-electron chi connectivity index (χ1n) is 9.21. The Bertz CT molecular complexity index is 956. The monoisotopic (exact) mass is 428 g/mol. The minimum atomic E-state index is -4.38. The molecule has 1 fully saturated rings. The van der Waals surface area contributed by atoms with Crippen molar-refractivity contribution >= 4 is 21.5 Å². The number of hydrogen-bond donors (Lipinski definition) is 2. The zero-order valence-corrected chi connectivity index (χ0v) is 16.9. The quantitative estimate of drug-likeness (QED) is 0.765.